The first-order valence-corrected chi connectivity index (χ1v) is 14.7. The van der Waals surface area contributed by atoms with Gasteiger partial charge >= 0.3 is 0 Å². The molecular formula is C32H48N2O. The molecule has 3 heteroatoms. The van der Waals surface area contributed by atoms with E-state index >= 15 is 0 Å². The molecule has 35 heavy (non-hydrogen) atoms. The molecule has 2 atom stereocenters. The molecule has 0 aromatic carbocycles. The van der Waals surface area contributed by atoms with Crippen molar-refractivity contribution in [2.45, 2.75) is 128 Å². The highest BCUT2D eigenvalue weighted by molar-refractivity contribution is 5.10. The minimum Gasteiger partial charge on any atom is -0.375 e. The molecule has 2 aliphatic rings. The van der Waals surface area contributed by atoms with E-state index in [1.807, 2.05) is 24.5 Å². The summed E-state index contributed by atoms with van der Waals surface area (Å²) in [5.41, 5.74) is 2.60. The number of hydrogen-bond acceptors (Lipinski definition) is 3. The molecule has 3 nitrogen and oxygen atoms in total. The molecule has 0 radical (unpaired) electrons. The van der Waals surface area contributed by atoms with Gasteiger partial charge in [-0.1, -0.05) is 38.8 Å². The van der Waals surface area contributed by atoms with Gasteiger partial charge < -0.3 is 4.74 Å². The Bertz CT molecular complexity index is 740. The minimum atomic E-state index is 0.494. The monoisotopic (exact) mass is 476 g/mol. The molecule has 0 spiro atoms. The molecule has 0 bridgehead atoms. The average Bonchev–Trinajstić information content (AvgIpc) is 2.91. The van der Waals surface area contributed by atoms with E-state index in [9.17, 15) is 0 Å². The molecule has 0 N–H and O–H groups in total. The highest BCUT2D eigenvalue weighted by Crippen LogP contribution is 2.39. The topological polar surface area (TPSA) is 35.0 Å². The van der Waals surface area contributed by atoms with Gasteiger partial charge in [-0.2, -0.15) is 0 Å². The molecule has 2 aromatic rings. The molecule has 2 aliphatic carbocycles. The van der Waals surface area contributed by atoms with Crippen molar-refractivity contribution in [3.8, 4) is 0 Å². The molecule has 4 rings (SSSR count). The smallest absolute Gasteiger partial charge is 0.0579 e. The zero-order valence-corrected chi connectivity index (χ0v) is 22.3. The Morgan fingerprint density at radius 3 is 1.43 bits per heavy atom. The second-order valence-electron chi connectivity index (χ2n) is 11.4. The highest BCUT2D eigenvalue weighted by atomic mass is 16.5. The van der Waals surface area contributed by atoms with E-state index in [0.717, 1.165) is 11.8 Å². The van der Waals surface area contributed by atoms with E-state index in [2.05, 4.69) is 48.1 Å². The summed E-state index contributed by atoms with van der Waals surface area (Å²) >= 11 is 0. The van der Waals surface area contributed by atoms with Crippen molar-refractivity contribution in [3.63, 3.8) is 0 Å². The zero-order valence-electron chi connectivity index (χ0n) is 22.3. The summed E-state index contributed by atoms with van der Waals surface area (Å²) in [6, 6.07) is 12.8. The highest BCUT2D eigenvalue weighted by Gasteiger charge is 2.30. The fraction of sp³-hybridized carbons (Fsp3) is 0.688. The van der Waals surface area contributed by atoms with Gasteiger partial charge in [0.15, 0.2) is 0 Å². The van der Waals surface area contributed by atoms with E-state index in [4.69, 9.17) is 4.74 Å². The second kappa shape index (κ2) is 14.1. The Morgan fingerprint density at radius 1 is 0.657 bits per heavy atom. The largest absolute Gasteiger partial charge is 0.375 e. The number of rotatable bonds is 12. The van der Waals surface area contributed by atoms with Crippen LogP contribution in [0, 0.1) is 11.8 Å². The summed E-state index contributed by atoms with van der Waals surface area (Å²) in [4.78, 5) is 9.36. The number of ether oxygens (including phenoxy) is 1. The number of pyridine rings is 2. The van der Waals surface area contributed by atoms with Crippen LogP contribution in [0.5, 0.6) is 0 Å². The van der Waals surface area contributed by atoms with E-state index in [0.29, 0.717) is 24.0 Å². The maximum atomic E-state index is 6.68. The van der Waals surface area contributed by atoms with Crippen LogP contribution in [0.1, 0.15) is 127 Å². The predicted molar refractivity (Wildman–Crippen MR) is 146 cm³/mol. The summed E-state index contributed by atoms with van der Waals surface area (Å²) < 4.78 is 6.68. The van der Waals surface area contributed by atoms with Crippen LogP contribution in [0.2, 0.25) is 0 Å². The third-order valence-corrected chi connectivity index (χ3v) is 8.69. The van der Waals surface area contributed by atoms with Gasteiger partial charge in [-0.25, -0.2) is 0 Å². The first-order valence-electron chi connectivity index (χ1n) is 14.7. The van der Waals surface area contributed by atoms with Crippen molar-refractivity contribution in [2.24, 2.45) is 11.8 Å². The summed E-state index contributed by atoms with van der Waals surface area (Å²) in [5, 5.41) is 0. The van der Waals surface area contributed by atoms with Gasteiger partial charge in [0.1, 0.15) is 0 Å². The lowest BCUT2D eigenvalue weighted by Gasteiger charge is -2.36. The van der Waals surface area contributed by atoms with Crippen molar-refractivity contribution >= 4 is 0 Å². The Hall–Kier alpha value is -1.74. The molecule has 2 unspecified atom stereocenters. The molecule has 0 amide bonds. The lowest BCUT2D eigenvalue weighted by Crippen LogP contribution is -2.30. The quantitative estimate of drug-likeness (QED) is 0.307. The third-order valence-electron chi connectivity index (χ3n) is 8.69. The average molecular weight is 477 g/mol. The van der Waals surface area contributed by atoms with Gasteiger partial charge in [0.05, 0.1) is 12.2 Å². The van der Waals surface area contributed by atoms with E-state index in [1.54, 1.807) is 0 Å². The van der Waals surface area contributed by atoms with Gasteiger partial charge in [-0.3, -0.25) is 9.97 Å². The molecule has 0 saturated heterocycles. The van der Waals surface area contributed by atoms with Crippen LogP contribution in [-0.2, 0) is 4.74 Å². The van der Waals surface area contributed by atoms with E-state index in [-0.39, 0.29) is 0 Å². The lowest BCUT2D eigenvalue weighted by atomic mass is 9.78. The predicted octanol–water partition coefficient (Wildman–Crippen LogP) is 8.86. The Balaban J connectivity index is 1.17. The van der Waals surface area contributed by atoms with Gasteiger partial charge in [0, 0.05) is 35.6 Å². The van der Waals surface area contributed by atoms with Gasteiger partial charge in [0.2, 0.25) is 0 Å². The molecular weight excluding hydrogens is 428 g/mol. The summed E-state index contributed by atoms with van der Waals surface area (Å²) in [6.07, 6.45) is 22.8. The first-order chi connectivity index (χ1) is 17.2. The number of aromatic nitrogens is 2. The SMILES string of the molecule is CCCC(CC1CCC(OC2CCC(CC(CCC)c3ccccn3)CC2)CC1)c1ccccn1. The Labute approximate surface area is 214 Å². The van der Waals surface area contributed by atoms with Crippen LogP contribution < -0.4 is 0 Å². The van der Waals surface area contributed by atoms with Crippen molar-refractivity contribution in [1.29, 1.82) is 0 Å². The molecule has 2 aromatic heterocycles. The molecule has 2 saturated carbocycles. The van der Waals surface area contributed by atoms with Crippen LogP contribution in [-0.4, -0.2) is 22.2 Å². The maximum Gasteiger partial charge on any atom is 0.0579 e. The normalized spacial score (nSPS) is 26.8. The fourth-order valence-corrected chi connectivity index (χ4v) is 6.79. The summed E-state index contributed by atoms with van der Waals surface area (Å²) in [6.45, 7) is 4.61. The van der Waals surface area contributed by atoms with Gasteiger partial charge in [-0.05, 0) is 113 Å². The molecule has 2 fully saturated rings. The maximum absolute atomic E-state index is 6.68. The van der Waals surface area contributed by atoms with Crippen molar-refractivity contribution in [1.82, 2.24) is 9.97 Å². The van der Waals surface area contributed by atoms with Crippen LogP contribution in [0.25, 0.3) is 0 Å². The zero-order chi connectivity index (χ0) is 24.3. The summed E-state index contributed by atoms with van der Waals surface area (Å²) in [7, 11) is 0. The van der Waals surface area contributed by atoms with E-state index in [1.165, 1.54) is 101 Å². The van der Waals surface area contributed by atoms with E-state index < -0.39 is 0 Å². The van der Waals surface area contributed by atoms with Gasteiger partial charge in [0.25, 0.3) is 0 Å². The van der Waals surface area contributed by atoms with Crippen molar-refractivity contribution in [3.05, 3.63) is 60.2 Å². The Morgan fingerprint density at radius 2 is 1.09 bits per heavy atom. The Kier molecular flexibility index (Phi) is 10.6. The number of hydrogen-bond donors (Lipinski definition) is 0. The van der Waals surface area contributed by atoms with Crippen LogP contribution in [0.15, 0.2) is 48.8 Å². The molecule has 192 valence electrons. The first kappa shape index (κ1) is 26.3. The van der Waals surface area contributed by atoms with Crippen LogP contribution in [0.3, 0.4) is 0 Å². The summed E-state index contributed by atoms with van der Waals surface area (Å²) in [5.74, 6) is 2.93. The fourth-order valence-electron chi connectivity index (χ4n) is 6.79. The third kappa shape index (κ3) is 8.13. The molecule has 0 aliphatic heterocycles. The van der Waals surface area contributed by atoms with Crippen LogP contribution >= 0.6 is 0 Å². The van der Waals surface area contributed by atoms with Crippen LogP contribution in [0.4, 0.5) is 0 Å². The van der Waals surface area contributed by atoms with Crippen molar-refractivity contribution in [2.75, 3.05) is 0 Å². The minimum absolute atomic E-state index is 0.494. The standard InChI is InChI=1S/C32H48N2O/c1-3-9-27(31-11-5-7-21-33-31)23-25-13-17-29(18-14-25)35-30-19-15-26(16-20-30)24-28(10-4-2)32-12-6-8-22-34-32/h5-8,11-12,21-22,25-30H,3-4,9-10,13-20,23-24H2,1-2H3. The second-order valence-corrected chi connectivity index (χ2v) is 11.4. The molecule has 2 heterocycles. The van der Waals surface area contributed by atoms with Gasteiger partial charge in [-0.15, -0.1) is 0 Å². The lowest BCUT2D eigenvalue weighted by molar-refractivity contribution is -0.0577. The number of nitrogens with zero attached hydrogens (tertiary/aromatic N) is 2. The van der Waals surface area contributed by atoms with Crippen molar-refractivity contribution < 1.29 is 4.74 Å².